The number of halogens is 2. The Morgan fingerprint density at radius 2 is 1.71 bits per heavy atom. The number of nitrogens with zero attached hydrogens (tertiary/aromatic N) is 2. The summed E-state index contributed by atoms with van der Waals surface area (Å²) >= 11 is 0. The lowest BCUT2D eigenvalue weighted by Crippen LogP contribution is -2.55. The maximum Gasteiger partial charge on any atom is 0.243 e. The first-order chi connectivity index (χ1) is 13.3. The molecule has 1 aromatic rings. The monoisotopic (exact) mass is 415 g/mol. The van der Waals surface area contributed by atoms with Gasteiger partial charge < -0.3 is 5.32 Å². The molecule has 1 atom stereocenters. The van der Waals surface area contributed by atoms with Gasteiger partial charge in [0.25, 0.3) is 0 Å². The second-order valence-corrected chi connectivity index (χ2v) is 9.47. The van der Waals surface area contributed by atoms with Crippen LogP contribution in [0.25, 0.3) is 0 Å². The molecule has 2 fully saturated rings. The molecule has 6 nitrogen and oxygen atoms in total. The number of sulfonamides is 1. The molecule has 28 heavy (non-hydrogen) atoms. The Bertz CT molecular complexity index is 805. The van der Waals surface area contributed by atoms with Crippen LogP contribution in [0.3, 0.4) is 0 Å². The van der Waals surface area contributed by atoms with Crippen LogP contribution < -0.4 is 5.32 Å². The number of hydrogen-bond acceptors (Lipinski definition) is 4. The molecule has 3 rings (SSSR count). The van der Waals surface area contributed by atoms with Crippen molar-refractivity contribution < 1.29 is 22.0 Å². The summed E-state index contributed by atoms with van der Waals surface area (Å²) in [6.07, 6.45) is 5.52. The Morgan fingerprint density at radius 3 is 2.32 bits per heavy atom. The Hall–Kier alpha value is -1.58. The lowest BCUT2D eigenvalue weighted by Gasteiger charge is -2.37. The summed E-state index contributed by atoms with van der Waals surface area (Å²) in [4.78, 5) is 14.2. The predicted octanol–water partition coefficient (Wildman–Crippen LogP) is 2.11. The van der Waals surface area contributed by atoms with Crippen molar-refractivity contribution >= 4 is 15.9 Å². The van der Waals surface area contributed by atoms with Crippen LogP contribution in [0.2, 0.25) is 0 Å². The second-order valence-electron chi connectivity index (χ2n) is 7.54. The minimum Gasteiger partial charge on any atom is -0.352 e. The van der Waals surface area contributed by atoms with Crippen molar-refractivity contribution in [2.24, 2.45) is 0 Å². The van der Waals surface area contributed by atoms with Gasteiger partial charge in [-0.15, -0.1) is 0 Å². The number of carbonyl (C=O) groups excluding carboxylic acids is 1. The fourth-order valence-electron chi connectivity index (χ4n) is 3.85. The molecule has 1 unspecified atom stereocenters. The van der Waals surface area contributed by atoms with Crippen molar-refractivity contribution in [1.29, 1.82) is 0 Å². The molecule has 9 heteroatoms. The third kappa shape index (κ3) is 4.69. The summed E-state index contributed by atoms with van der Waals surface area (Å²) in [7, 11) is -3.89. The van der Waals surface area contributed by atoms with Crippen LogP contribution in [0.4, 0.5) is 8.78 Å². The minimum atomic E-state index is -3.89. The lowest BCUT2D eigenvalue weighted by molar-refractivity contribution is -0.127. The zero-order chi connectivity index (χ0) is 20.3. The first kappa shape index (κ1) is 21.1. The van der Waals surface area contributed by atoms with Gasteiger partial charge >= 0.3 is 0 Å². The molecule has 1 amide bonds. The summed E-state index contributed by atoms with van der Waals surface area (Å²) in [5.41, 5.74) is 0. The van der Waals surface area contributed by atoms with E-state index in [1.807, 2.05) is 11.8 Å². The number of hydrogen-bond donors (Lipinski definition) is 1. The maximum absolute atomic E-state index is 13.4. The van der Waals surface area contributed by atoms with Crippen LogP contribution in [0.15, 0.2) is 23.1 Å². The van der Waals surface area contributed by atoms with E-state index in [0.29, 0.717) is 19.2 Å². The SMILES string of the molecule is CC(C(=O)NC1CCCCC1)N1CCN(S(=O)(=O)c2ccc(F)c(F)c2)CC1. The smallest absolute Gasteiger partial charge is 0.243 e. The Kier molecular flexibility index (Phi) is 6.67. The van der Waals surface area contributed by atoms with Crippen LogP contribution in [0.5, 0.6) is 0 Å². The van der Waals surface area contributed by atoms with E-state index in [2.05, 4.69) is 5.32 Å². The van der Waals surface area contributed by atoms with Gasteiger partial charge in [-0.25, -0.2) is 17.2 Å². The molecule has 0 bridgehead atoms. The van der Waals surface area contributed by atoms with Crippen molar-refractivity contribution in [2.45, 2.75) is 56.0 Å². The summed E-state index contributed by atoms with van der Waals surface area (Å²) in [6, 6.07) is 2.49. The van der Waals surface area contributed by atoms with Crippen LogP contribution in [0, 0.1) is 11.6 Å². The molecule has 1 N–H and O–H groups in total. The third-order valence-electron chi connectivity index (χ3n) is 5.68. The van der Waals surface area contributed by atoms with Crippen LogP contribution in [0.1, 0.15) is 39.0 Å². The molecule has 1 aliphatic carbocycles. The molecule has 156 valence electrons. The van der Waals surface area contributed by atoms with Gasteiger partial charge in [0, 0.05) is 32.2 Å². The number of carbonyl (C=O) groups is 1. The van der Waals surface area contributed by atoms with Gasteiger partial charge in [-0.2, -0.15) is 4.31 Å². The molecular weight excluding hydrogens is 388 g/mol. The van der Waals surface area contributed by atoms with Gasteiger partial charge in [0.1, 0.15) is 0 Å². The zero-order valence-corrected chi connectivity index (χ0v) is 16.9. The van der Waals surface area contributed by atoms with Crippen LogP contribution >= 0.6 is 0 Å². The lowest BCUT2D eigenvalue weighted by atomic mass is 9.95. The Labute approximate surface area is 164 Å². The van der Waals surface area contributed by atoms with E-state index < -0.39 is 21.7 Å². The van der Waals surface area contributed by atoms with Gasteiger partial charge in [-0.1, -0.05) is 19.3 Å². The molecule has 1 saturated carbocycles. The Morgan fingerprint density at radius 1 is 1.07 bits per heavy atom. The zero-order valence-electron chi connectivity index (χ0n) is 16.0. The summed E-state index contributed by atoms with van der Waals surface area (Å²) in [5, 5.41) is 3.11. The van der Waals surface area contributed by atoms with Crippen molar-refractivity contribution in [3.05, 3.63) is 29.8 Å². The van der Waals surface area contributed by atoms with Gasteiger partial charge in [0.15, 0.2) is 11.6 Å². The van der Waals surface area contributed by atoms with Gasteiger partial charge in [0.05, 0.1) is 10.9 Å². The summed E-state index contributed by atoms with van der Waals surface area (Å²) < 4.78 is 53.1. The topological polar surface area (TPSA) is 69.7 Å². The van der Waals surface area contributed by atoms with E-state index >= 15 is 0 Å². The highest BCUT2D eigenvalue weighted by molar-refractivity contribution is 7.89. The van der Waals surface area contributed by atoms with E-state index in [9.17, 15) is 22.0 Å². The quantitative estimate of drug-likeness (QED) is 0.800. The highest BCUT2D eigenvalue weighted by atomic mass is 32.2. The van der Waals surface area contributed by atoms with Crippen molar-refractivity contribution in [2.75, 3.05) is 26.2 Å². The van der Waals surface area contributed by atoms with E-state index in [-0.39, 0.29) is 36.0 Å². The minimum absolute atomic E-state index is 0.0242. The number of amides is 1. The standard InChI is InChI=1S/C19H27F2N3O3S/c1-14(19(25)22-15-5-3-2-4-6-15)23-9-11-24(12-10-23)28(26,27)16-7-8-17(20)18(21)13-16/h7-8,13-15H,2-6,9-12H2,1H3,(H,22,25). The van der Waals surface area contributed by atoms with Crippen molar-refractivity contribution in [1.82, 2.24) is 14.5 Å². The average molecular weight is 416 g/mol. The van der Waals surface area contributed by atoms with E-state index in [4.69, 9.17) is 0 Å². The molecule has 1 aromatic carbocycles. The maximum atomic E-state index is 13.4. The summed E-state index contributed by atoms with van der Waals surface area (Å²) in [5.74, 6) is -2.29. The number of rotatable bonds is 5. The predicted molar refractivity (Wildman–Crippen MR) is 101 cm³/mol. The van der Waals surface area contributed by atoms with Gasteiger partial charge in [0.2, 0.25) is 15.9 Å². The first-order valence-corrected chi connectivity index (χ1v) is 11.2. The fourth-order valence-corrected chi connectivity index (χ4v) is 5.29. The van der Waals surface area contributed by atoms with Crippen molar-refractivity contribution in [3.63, 3.8) is 0 Å². The molecule has 2 aliphatic rings. The van der Waals surface area contributed by atoms with Crippen LogP contribution in [-0.4, -0.2) is 61.8 Å². The molecule has 0 aromatic heterocycles. The Balaban J connectivity index is 1.57. The van der Waals surface area contributed by atoms with Gasteiger partial charge in [-0.05, 0) is 38.0 Å². The highest BCUT2D eigenvalue weighted by Gasteiger charge is 2.32. The van der Waals surface area contributed by atoms with E-state index in [1.165, 1.54) is 10.7 Å². The number of piperazine rings is 1. The number of benzene rings is 1. The number of nitrogens with one attached hydrogen (secondary N) is 1. The third-order valence-corrected chi connectivity index (χ3v) is 7.58. The summed E-state index contributed by atoms with van der Waals surface area (Å²) in [6.45, 7) is 3.03. The molecular formula is C19H27F2N3O3S. The van der Waals surface area contributed by atoms with Crippen LogP contribution in [-0.2, 0) is 14.8 Å². The van der Waals surface area contributed by atoms with E-state index in [1.54, 1.807) is 0 Å². The molecule has 1 aliphatic heterocycles. The first-order valence-electron chi connectivity index (χ1n) is 9.78. The molecule has 1 saturated heterocycles. The van der Waals surface area contributed by atoms with E-state index in [0.717, 1.165) is 37.8 Å². The highest BCUT2D eigenvalue weighted by Crippen LogP contribution is 2.21. The second kappa shape index (κ2) is 8.84. The molecule has 0 radical (unpaired) electrons. The molecule has 0 spiro atoms. The fraction of sp³-hybridized carbons (Fsp3) is 0.632. The normalized spacial score (nSPS) is 21.4. The average Bonchev–Trinajstić information content (AvgIpc) is 2.70. The largest absolute Gasteiger partial charge is 0.352 e. The molecule has 1 heterocycles. The van der Waals surface area contributed by atoms with Gasteiger partial charge in [-0.3, -0.25) is 9.69 Å². The van der Waals surface area contributed by atoms with Crippen molar-refractivity contribution in [3.8, 4) is 0 Å².